The number of aromatic nitrogens is 1. The number of nitrogens with two attached hydrogens (primary N) is 1. The molecule has 2 rings (SSSR count). The normalized spacial score (nSPS) is 10.7. The van der Waals surface area contributed by atoms with Gasteiger partial charge in [0.25, 0.3) is 0 Å². The quantitative estimate of drug-likeness (QED) is 0.760. The van der Waals surface area contributed by atoms with Crippen molar-refractivity contribution < 1.29 is 9.53 Å². The molecule has 1 amide bonds. The van der Waals surface area contributed by atoms with Gasteiger partial charge in [0.2, 0.25) is 5.91 Å². The highest BCUT2D eigenvalue weighted by Crippen LogP contribution is 2.21. The molecule has 0 saturated heterocycles. The number of hydrogen-bond donors (Lipinski definition) is 2. The van der Waals surface area contributed by atoms with Crippen LogP contribution >= 0.6 is 11.3 Å². The van der Waals surface area contributed by atoms with Gasteiger partial charge >= 0.3 is 0 Å². The molecule has 0 spiro atoms. The molecule has 0 atom stereocenters. The fourth-order valence-corrected chi connectivity index (χ4v) is 2.38. The number of rotatable bonds is 6. The van der Waals surface area contributed by atoms with Gasteiger partial charge in [-0.05, 0) is 12.1 Å². The molecule has 0 fully saturated rings. The van der Waals surface area contributed by atoms with Crippen molar-refractivity contribution in [1.82, 2.24) is 10.3 Å². The van der Waals surface area contributed by atoms with Gasteiger partial charge in [-0.25, -0.2) is 4.98 Å². The summed E-state index contributed by atoms with van der Waals surface area (Å²) in [6, 6.07) is 7.90. The maximum absolute atomic E-state index is 11.4. The second-order valence-corrected chi connectivity index (χ2v) is 4.81. The van der Waals surface area contributed by atoms with E-state index in [4.69, 9.17) is 10.5 Å². The number of ether oxygens (including phenoxy) is 1. The minimum Gasteiger partial charge on any atom is -0.370 e. The SMILES string of the molecule is NCCOCC(=O)NCc1nc2ccccc2s1. The minimum absolute atomic E-state index is 0.0437. The van der Waals surface area contributed by atoms with Gasteiger partial charge in [0, 0.05) is 6.54 Å². The van der Waals surface area contributed by atoms with E-state index in [2.05, 4.69) is 10.3 Å². The molecule has 0 unspecified atom stereocenters. The molecule has 18 heavy (non-hydrogen) atoms. The molecule has 6 heteroatoms. The van der Waals surface area contributed by atoms with Crippen molar-refractivity contribution in [3.05, 3.63) is 29.3 Å². The van der Waals surface area contributed by atoms with Crippen LogP contribution in [0.15, 0.2) is 24.3 Å². The van der Waals surface area contributed by atoms with Gasteiger partial charge in [0.05, 0.1) is 23.4 Å². The zero-order valence-electron chi connectivity index (χ0n) is 9.89. The Kier molecular flexibility index (Phi) is 4.63. The zero-order chi connectivity index (χ0) is 12.8. The van der Waals surface area contributed by atoms with Crippen molar-refractivity contribution in [3.8, 4) is 0 Å². The molecule has 0 radical (unpaired) electrons. The first kappa shape index (κ1) is 12.9. The largest absolute Gasteiger partial charge is 0.370 e. The summed E-state index contributed by atoms with van der Waals surface area (Å²) in [6.45, 7) is 1.30. The lowest BCUT2D eigenvalue weighted by atomic mass is 10.3. The maximum Gasteiger partial charge on any atom is 0.246 e. The third-order valence-corrected chi connectivity index (χ3v) is 3.31. The van der Waals surface area contributed by atoms with E-state index < -0.39 is 0 Å². The molecule has 0 aliphatic heterocycles. The first-order chi connectivity index (χ1) is 8.79. The summed E-state index contributed by atoms with van der Waals surface area (Å²) in [5.41, 5.74) is 6.22. The monoisotopic (exact) mass is 265 g/mol. The predicted octanol–water partition coefficient (Wildman–Crippen LogP) is 0.888. The first-order valence-electron chi connectivity index (χ1n) is 5.68. The molecule has 96 valence electrons. The van der Waals surface area contributed by atoms with Crippen LogP contribution in [0.1, 0.15) is 5.01 Å². The van der Waals surface area contributed by atoms with Crippen molar-refractivity contribution in [2.75, 3.05) is 19.8 Å². The van der Waals surface area contributed by atoms with E-state index in [0.29, 0.717) is 19.7 Å². The Balaban J connectivity index is 1.84. The summed E-state index contributed by atoms with van der Waals surface area (Å²) >= 11 is 1.58. The third-order valence-electron chi connectivity index (χ3n) is 2.27. The molecule has 5 nitrogen and oxygen atoms in total. The highest BCUT2D eigenvalue weighted by atomic mass is 32.1. The molecule has 0 aliphatic carbocycles. The fraction of sp³-hybridized carbons (Fsp3) is 0.333. The van der Waals surface area contributed by atoms with E-state index in [0.717, 1.165) is 15.2 Å². The van der Waals surface area contributed by atoms with Crippen LogP contribution in [0.3, 0.4) is 0 Å². The summed E-state index contributed by atoms with van der Waals surface area (Å²) < 4.78 is 6.16. The number of carbonyl (C=O) groups excluding carboxylic acids is 1. The minimum atomic E-state index is -0.150. The van der Waals surface area contributed by atoms with E-state index in [-0.39, 0.29) is 12.5 Å². The van der Waals surface area contributed by atoms with Crippen molar-refractivity contribution in [2.24, 2.45) is 5.73 Å². The molecule has 0 bridgehead atoms. The van der Waals surface area contributed by atoms with E-state index in [1.807, 2.05) is 24.3 Å². The van der Waals surface area contributed by atoms with Gasteiger partial charge in [-0.1, -0.05) is 12.1 Å². The van der Waals surface area contributed by atoms with Gasteiger partial charge in [-0.15, -0.1) is 11.3 Å². The molecule has 0 saturated carbocycles. The molecule has 2 aromatic rings. The summed E-state index contributed by atoms with van der Waals surface area (Å²) in [4.78, 5) is 15.8. The molecular weight excluding hydrogens is 250 g/mol. The number of para-hydroxylation sites is 1. The van der Waals surface area contributed by atoms with Crippen LogP contribution in [-0.2, 0) is 16.1 Å². The van der Waals surface area contributed by atoms with Crippen molar-refractivity contribution >= 4 is 27.5 Å². The summed E-state index contributed by atoms with van der Waals surface area (Å²) in [5.74, 6) is -0.150. The lowest BCUT2D eigenvalue weighted by molar-refractivity contribution is -0.125. The number of benzene rings is 1. The summed E-state index contributed by atoms with van der Waals surface area (Å²) in [6.07, 6.45) is 0. The number of carbonyl (C=O) groups is 1. The Morgan fingerprint density at radius 2 is 2.28 bits per heavy atom. The van der Waals surface area contributed by atoms with Crippen LogP contribution < -0.4 is 11.1 Å². The van der Waals surface area contributed by atoms with E-state index in [1.54, 1.807) is 11.3 Å². The second kappa shape index (κ2) is 6.44. The van der Waals surface area contributed by atoms with Crippen LogP contribution in [0.2, 0.25) is 0 Å². The summed E-state index contributed by atoms with van der Waals surface area (Å²) in [7, 11) is 0. The van der Waals surface area contributed by atoms with Crippen molar-refractivity contribution in [3.63, 3.8) is 0 Å². The average Bonchev–Trinajstić information content (AvgIpc) is 2.79. The third kappa shape index (κ3) is 3.49. The highest BCUT2D eigenvalue weighted by Gasteiger charge is 2.05. The Bertz CT molecular complexity index is 494. The molecule has 1 aromatic carbocycles. The van der Waals surface area contributed by atoms with Crippen LogP contribution in [0.25, 0.3) is 10.2 Å². The number of nitrogens with zero attached hydrogens (tertiary/aromatic N) is 1. The first-order valence-corrected chi connectivity index (χ1v) is 6.50. The Labute approximate surface area is 109 Å². The lowest BCUT2D eigenvalue weighted by Crippen LogP contribution is -2.28. The molecule has 0 aliphatic rings. The van der Waals surface area contributed by atoms with Crippen LogP contribution in [-0.4, -0.2) is 30.6 Å². The number of amides is 1. The highest BCUT2D eigenvalue weighted by molar-refractivity contribution is 7.18. The van der Waals surface area contributed by atoms with Crippen molar-refractivity contribution in [2.45, 2.75) is 6.54 Å². The maximum atomic E-state index is 11.4. The van der Waals surface area contributed by atoms with Gasteiger partial charge in [-0.2, -0.15) is 0 Å². The van der Waals surface area contributed by atoms with Crippen LogP contribution in [0.4, 0.5) is 0 Å². The Morgan fingerprint density at radius 3 is 3.06 bits per heavy atom. The van der Waals surface area contributed by atoms with E-state index in [9.17, 15) is 4.79 Å². The number of nitrogens with one attached hydrogen (secondary N) is 1. The standard InChI is InChI=1S/C12H15N3O2S/c13-5-6-17-8-11(16)14-7-12-15-9-3-1-2-4-10(9)18-12/h1-4H,5-8,13H2,(H,14,16). The van der Waals surface area contributed by atoms with E-state index >= 15 is 0 Å². The molecule has 1 heterocycles. The van der Waals surface area contributed by atoms with Gasteiger partial charge < -0.3 is 15.8 Å². The number of thiazole rings is 1. The second-order valence-electron chi connectivity index (χ2n) is 3.69. The van der Waals surface area contributed by atoms with Crippen molar-refractivity contribution in [1.29, 1.82) is 0 Å². The molecule has 3 N–H and O–H groups in total. The molecular formula is C12H15N3O2S. The lowest BCUT2D eigenvalue weighted by Gasteiger charge is -2.03. The average molecular weight is 265 g/mol. The topological polar surface area (TPSA) is 77.2 Å². The number of hydrogen-bond acceptors (Lipinski definition) is 5. The van der Waals surface area contributed by atoms with Gasteiger partial charge in [-0.3, -0.25) is 4.79 Å². The van der Waals surface area contributed by atoms with E-state index in [1.165, 1.54) is 0 Å². The van der Waals surface area contributed by atoms with Gasteiger partial charge in [0.15, 0.2) is 0 Å². The van der Waals surface area contributed by atoms with Gasteiger partial charge in [0.1, 0.15) is 11.6 Å². The smallest absolute Gasteiger partial charge is 0.246 e. The van der Waals surface area contributed by atoms with Crippen LogP contribution in [0.5, 0.6) is 0 Å². The van der Waals surface area contributed by atoms with Crippen LogP contribution in [0, 0.1) is 0 Å². The fourth-order valence-electron chi connectivity index (χ4n) is 1.47. The Morgan fingerprint density at radius 1 is 1.44 bits per heavy atom. The predicted molar refractivity (Wildman–Crippen MR) is 71.3 cm³/mol. The number of fused-ring (bicyclic) bond motifs is 1. The Hall–Kier alpha value is -1.50. The zero-order valence-corrected chi connectivity index (χ0v) is 10.7. The summed E-state index contributed by atoms with van der Waals surface area (Å²) in [5, 5.41) is 3.65. The molecule has 1 aromatic heterocycles.